The summed E-state index contributed by atoms with van der Waals surface area (Å²) >= 11 is 1.24. The molecule has 1 saturated heterocycles. The second-order valence-electron chi connectivity index (χ2n) is 7.30. The van der Waals surface area contributed by atoms with Gasteiger partial charge in [0.25, 0.3) is 11.1 Å². The number of aryl methyl sites for hydroxylation is 1. The van der Waals surface area contributed by atoms with E-state index in [1.165, 1.54) is 23.6 Å². The molecule has 0 amide bonds. The van der Waals surface area contributed by atoms with Crippen molar-refractivity contribution in [2.45, 2.75) is 25.8 Å². The lowest BCUT2D eigenvalue weighted by molar-refractivity contribution is 0.315. The number of aromatic amines is 2. The smallest absolute Gasteiger partial charge is 0.271 e. The van der Waals surface area contributed by atoms with Crippen LogP contribution >= 0.6 is 11.5 Å². The molecule has 3 aromatic rings. The molecule has 0 aliphatic carbocycles. The zero-order chi connectivity index (χ0) is 19.1. The van der Waals surface area contributed by atoms with Crippen molar-refractivity contribution in [1.82, 2.24) is 14.3 Å². The highest BCUT2D eigenvalue weighted by Crippen LogP contribution is 2.30. The maximum atomic E-state index is 12.4. The number of nitrogens with one attached hydrogen (secondary N) is 2. The minimum absolute atomic E-state index is 0.240. The molecule has 4 rings (SSSR count). The van der Waals surface area contributed by atoms with Crippen LogP contribution in [0.25, 0.3) is 21.3 Å². The molecule has 0 radical (unpaired) electrons. The van der Waals surface area contributed by atoms with Crippen LogP contribution < -0.4 is 16.0 Å². The van der Waals surface area contributed by atoms with Gasteiger partial charge in [0.2, 0.25) is 0 Å². The van der Waals surface area contributed by atoms with Crippen molar-refractivity contribution < 1.29 is 0 Å². The first-order valence-electron chi connectivity index (χ1n) is 9.27. The van der Waals surface area contributed by atoms with Gasteiger partial charge in [-0.2, -0.15) is 0 Å². The molecule has 0 saturated carbocycles. The number of fused-ring (bicyclic) bond motifs is 1. The summed E-state index contributed by atoms with van der Waals surface area (Å²) in [7, 11) is 4.26. The molecule has 0 bridgehead atoms. The monoisotopic (exact) mass is 384 g/mol. The third-order valence-electron chi connectivity index (χ3n) is 5.51. The summed E-state index contributed by atoms with van der Waals surface area (Å²) in [4.78, 5) is 31.9. The van der Waals surface area contributed by atoms with Gasteiger partial charge in [0.15, 0.2) is 0 Å². The van der Waals surface area contributed by atoms with Crippen LogP contribution in [0.3, 0.4) is 0 Å². The van der Waals surface area contributed by atoms with E-state index in [-0.39, 0.29) is 16.5 Å². The predicted octanol–water partition coefficient (Wildman–Crippen LogP) is 2.65. The predicted molar refractivity (Wildman–Crippen MR) is 112 cm³/mol. The van der Waals surface area contributed by atoms with Gasteiger partial charge in [-0.25, -0.2) is 0 Å². The topological polar surface area (TPSA) is 72.2 Å². The highest BCUT2D eigenvalue weighted by molar-refractivity contribution is 7.13. The Hall–Kier alpha value is -2.38. The van der Waals surface area contributed by atoms with Crippen molar-refractivity contribution in [3.05, 3.63) is 50.5 Å². The van der Waals surface area contributed by atoms with E-state index in [1.54, 1.807) is 0 Å². The van der Waals surface area contributed by atoms with E-state index in [1.807, 2.05) is 6.92 Å². The molecule has 1 aliphatic heterocycles. The molecule has 2 aromatic heterocycles. The van der Waals surface area contributed by atoms with E-state index in [9.17, 15) is 9.59 Å². The lowest BCUT2D eigenvalue weighted by Crippen LogP contribution is -2.31. The first-order valence-corrected chi connectivity index (χ1v) is 10.1. The van der Waals surface area contributed by atoms with Gasteiger partial charge in [-0.15, -0.1) is 0 Å². The fraction of sp³-hybridized carbons (Fsp3) is 0.400. The summed E-state index contributed by atoms with van der Waals surface area (Å²) in [6.45, 7) is 4.13. The van der Waals surface area contributed by atoms with Gasteiger partial charge in [0.1, 0.15) is 5.39 Å². The van der Waals surface area contributed by atoms with Crippen LogP contribution in [0, 0.1) is 0 Å². The molecule has 6 nitrogen and oxygen atoms in total. The minimum atomic E-state index is -0.322. The normalized spacial score (nSPS) is 17.3. The Labute approximate surface area is 161 Å². The minimum Gasteiger partial charge on any atom is -0.370 e. The number of H-pyrrole nitrogens is 2. The zero-order valence-electron chi connectivity index (χ0n) is 15.8. The van der Waals surface area contributed by atoms with Crippen LogP contribution in [0.1, 0.15) is 18.9 Å². The lowest BCUT2D eigenvalue weighted by Gasteiger charge is -2.22. The quantitative estimate of drug-likeness (QED) is 0.725. The van der Waals surface area contributed by atoms with E-state index in [4.69, 9.17) is 0 Å². The lowest BCUT2D eigenvalue weighted by atomic mass is 10.0. The number of anilines is 1. The van der Waals surface area contributed by atoms with Crippen LogP contribution in [0.4, 0.5) is 5.69 Å². The van der Waals surface area contributed by atoms with Crippen molar-refractivity contribution in [2.24, 2.45) is 0 Å². The molecule has 1 fully saturated rings. The summed E-state index contributed by atoms with van der Waals surface area (Å²) in [5.41, 5.74) is 3.36. The van der Waals surface area contributed by atoms with Crippen LogP contribution in [-0.4, -0.2) is 47.5 Å². The molecule has 1 aromatic carbocycles. The molecule has 7 heteroatoms. The Morgan fingerprint density at radius 2 is 1.93 bits per heavy atom. The number of nitrogens with zero attached hydrogens (tertiary/aromatic N) is 2. The standard InChI is InChI=1S/C20H24N4O2S/c1-4-15-17(21-19(25)16-18(15)27-22-20(16)26)12-5-7-13(8-6-12)24-10-9-14(11-24)23(2)3/h5-8,14H,4,9-11H2,1-3H3,(H,21,25)(H,22,26). The second-order valence-corrected chi connectivity index (χ2v) is 8.11. The number of rotatable bonds is 4. The largest absolute Gasteiger partial charge is 0.370 e. The summed E-state index contributed by atoms with van der Waals surface area (Å²) in [5.74, 6) is 0. The van der Waals surface area contributed by atoms with Gasteiger partial charge in [0.05, 0.1) is 10.4 Å². The van der Waals surface area contributed by atoms with Crippen molar-refractivity contribution in [2.75, 3.05) is 32.1 Å². The Kier molecular flexibility index (Phi) is 4.65. The molecule has 0 spiro atoms. The maximum Gasteiger partial charge on any atom is 0.271 e. The molecule has 1 unspecified atom stereocenters. The van der Waals surface area contributed by atoms with E-state index >= 15 is 0 Å². The van der Waals surface area contributed by atoms with Gasteiger partial charge < -0.3 is 14.8 Å². The van der Waals surface area contributed by atoms with Crippen molar-refractivity contribution in [3.63, 3.8) is 0 Å². The van der Waals surface area contributed by atoms with Gasteiger partial charge in [-0.05, 0) is 50.2 Å². The summed E-state index contributed by atoms with van der Waals surface area (Å²) in [6.07, 6.45) is 1.92. The fourth-order valence-electron chi connectivity index (χ4n) is 3.91. The van der Waals surface area contributed by atoms with E-state index in [0.29, 0.717) is 6.04 Å². The Bertz CT molecular complexity index is 1080. The van der Waals surface area contributed by atoms with Crippen LogP contribution in [0.5, 0.6) is 0 Å². The highest BCUT2D eigenvalue weighted by atomic mass is 32.1. The Morgan fingerprint density at radius 3 is 2.56 bits per heavy atom. The van der Waals surface area contributed by atoms with Crippen molar-refractivity contribution in [3.8, 4) is 11.3 Å². The SMILES string of the molecule is CCc1c(-c2ccc(N3CCC(N(C)C)C3)cc2)[nH]c(=O)c2c(=O)[nH]sc12. The average molecular weight is 385 g/mol. The molecular formula is C20H24N4O2S. The van der Waals surface area contributed by atoms with Crippen molar-refractivity contribution in [1.29, 1.82) is 0 Å². The van der Waals surface area contributed by atoms with Gasteiger partial charge >= 0.3 is 0 Å². The zero-order valence-corrected chi connectivity index (χ0v) is 16.7. The number of benzene rings is 1. The fourth-order valence-corrected chi connectivity index (χ4v) is 4.86. The van der Waals surface area contributed by atoms with E-state index in [0.717, 1.165) is 41.0 Å². The summed E-state index contributed by atoms with van der Waals surface area (Å²) in [5, 5.41) is 0.240. The van der Waals surface area contributed by atoms with Crippen molar-refractivity contribution >= 4 is 27.3 Å². The highest BCUT2D eigenvalue weighted by Gasteiger charge is 2.24. The molecule has 1 aliphatic rings. The molecule has 1 atom stereocenters. The number of pyridine rings is 1. The van der Waals surface area contributed by atoms with Crippen LogP contribution in [0.15, 0.2) is 33.9 Å². The number of hydrogen-bond acceptors (Lipinski definition) is 5. The third kappa shape index (κ3) is 3.11. The average Bonchev–Trinajstić information content (AvgIpc) is 3.30. The third-order valence-corrected chi connectivity index (χ3v) is 6.45. The first-order chi connectivity index (χ1) is 13.0. The molecule has 27 heavy (non-hydrogen) atoms. The second kappa shape index (κ2) is 6.98. The Morgan fingerprint density at radius 1 is 1.19 bits per heavy atom. The number of aromatic nitrogens is 2. The number of hydrogen-bond donors (Lipinski definition) is 2. The molecule has 2 N–H and O–H groups in total. The molecule has 142 valence electrons. The maximum absolute atomic E-state index is 12.4. The van der Waals surface area contributed by atoms with Crippen LogP contribution in [0.2, 0.25) is 0 Å². The van der Waals surface area contributed by atoms with Gasteiger partial charge in [0, 0.05) is 24.8 Å². The molecular weight excluding hydrogens is 360 g/mol. The van der Waals surface area contributed by atoms with E-state index in [2.05, 4.69) is 57.5 Å². The number of likely N-dealkylation sites (N-methyl/N-ethyl adjacent to an activating group) is 1. The van der Waals surface area contributed by atoms with Crippen LogP contribution in [-0.2, 0) is 6.42 Å². The molecule has 3 heterocycles. The first kappa shape index (κ1) is 18.0. The summed E-state index contributed by atoms with van der Waals surface area (Å²) < 4.78 is 3.45. The Balaban J connectivity index is 1.71. The van der Waals surface area contributed by atoms with E-state index < -0.39 is 0 Å². The van der Waals surface area contributed by atoms with Gasteiger partial charge in [-0.1, -0.05) is 30.6 Å². The summed E-state index contributed by atoms with van der Waals surface area (Å²) in [6, 6.07) is 8.95. The van der Waals surface area contributed by atoms with Gasteiger partial charge in [-0.3, -0.25) is 14.0 Å².